The highest BCUT2D eigenvalue weighted by molar-refractivity contribution is 5.95. The maximum absolute atomic E-state index is 13.1. The zero-order chi connectivity index (χ0) is 17.9. The van der Waals surface area contributed by atoms with Crippen LogP contribution in [0.15, 0.2) is 60.8 Å². The number of nitrogens with one attached hydrogen (secondary N) is 1. The number of likely N-dealkylation sites (N-methyl/N-ethyl adjacent to an activating group) is 1. The fourth-order valence-corrected chi connectivity index (χ4v) is 3.83. The van der Waals surface area contributed by atoms with Crippen molar-refractivity contribution in [3.8, 4) is 11.1 Å². The number of hydrogen-bond donors (Lipinski definition) is 1. The lowest BCUT2D eigenvalue weighted by Crippen LogP contribution is -2.43. The van der Waals surface area contributed by atoms with Gasteiger partial charge in [0.25, 0.3) is 5.91 Å². The van der Waals surface area contributed by atoms with E-state index in [9.17, 15) is 4.79 Å². The predicted molar refractivity (Wildman–Crippen MR) is 103 cm³/mol. The van der Waals surface area contributed by atoms with E-state index in [0.29, 0.717) is 0 Å². The standard InChI is InChI=1S/C22H23N3O/c1-2-25(20-12-13-21-19(14-20)15-23-24-21)22(26)18-10-8-17(9-11-18)16-6-4-3-5-7-16/h3-11,15,20H,2,12-14H2,1H3,(H,23,24). The van der Waals surface area contributed by atoms with Crippen molar-refractivity contribution < 1.29 is 4.79 Å². The molecule has 1 heterocycles. The average molecular weight is 345 g/mol. The summed E-state index contributed by atoms with van der Waals surface area (Å²) in [6.45, 7) is 2.78. The van der Waals surface area contributed by atoms with Crippen LogP contribution in [0.3, 0.4) is 0 Å². The number of hydrogen-bond acceptors (Lipinski definition) is 2. The molecule has 1 atom stereocenters. The van der Waals surface area contributed by atoms with Crippen LogP contribution in [0.4, 0.5) is 0 Å². The number of carbonyl (C=O) groups excluding carboxylic acids is 1. The molecule has 1 N–H and O–H groups in total. The van der Waals surface area contributed by atoms with E-state index < -0.39 is 0 Å². The first-order valence-corrected chi connectivity index (χ1v) is 9.24. The molecular formula is C22H23N3O. The van der Waals surface area contributed by atoms with Crippen LogP contribution in [0.2, 0.25) is 0 Å². The van der Waals surface area contributed by atoms with Gasteiger partial charge in [0.15, 0.2) is 0 Å². The van der Waals surface area contributed by atoms with E-state index in [2.05, 4.69) is 29.3 Å². The van der Waals surface area contributed by atoms with Crippen molar-refractivity contribution in [2.45, 2.75) is 32.2 Å². The normalized spacial score (nSPS) is 16.1. The van der Waals surface area contributed by atoms with Crippen molar-refractivity contribution in [1.29, 1.82) is 0 Å². The summed E-state index contributed by atoms with van der Waals surface area (Å²) in [6, 6.07) is 18.4. The molecule has 1 unspecified atom stereocenters. The quantitative estimate of drug-likeness (QED) is 0.774. The average Bonchev–Trinajstić information content (AvgIpc) is 3.17. The maximum atomic E-state index is 13.1. The lowest BCUT2D eigenvalue weighted by molar-refractivity contribution is 0.0674. The highest BCUT2D eigenvalue weighted by atomic mass is 16.2. The van der Waals surface area contributed by atoms with E-state index in [1.807, 2.05) is 53.6 Å². The molecule has 1 aliphatic carbocycles. The minimum Gasteiger partial charge on any atom is -0.336 e. The summed E-state index contributed by atoms with van der Waals surface area (Å²) in [5, 5.41) is 7.20. The Morgan fingerprint density at radius 1 is 1.12 bits per heavy atom. The van der Waals surface area contributed by atoms with Crippen molar-refractivity contribution in [2.24, 2.45) is 0 Å². The molecule has 0 bridgehead atoms. The Balaban J connectivity index is 1.52. The summed E-state index contributed by atoms with van der Waals surface area (Å²) in [4.78, 5) is 15.1. The SMILES string of the molecule is CCN(C(=O)c1ccc(-c2ccccc2)cc1)C1CCc2[nH]ncc2C1. The molecule has 4 heteroatoms. The number of rotatable bonds is 4. The first-order valence-electron chi connectivity index (χ1n) is 9.24. The Kier molecular flexibility index (Phi) is 4.57. The minimum absolute atomic E-state index is 0.115. The largest absolute Gasteiger partial charge is 0.336 e. The number of aryl methyl sites for hydroxylation is 1. The Hall–Kier alpha value is -2.88. The van der Waals surface area contributed by atoms with Gasteiger partial charge in [0.2, 0.25) is 0 Å². The van der Waals surface area contributed by atoms with Crippen LogP contribution in [-0.2, 0) is 12.8 Å². The summed E-state index contributed by atoms with van der Waals surface area (Å²) in [5.74, 6) is 0.115. The van der Waals surface area contributed by atoms with E-state index in [1.165, 1.54) is 16.8 Å². The van der Waals surface area contributed by atoms with Gasteiger partial charge < -0.3 is 4.90 Å². The molecule has 132 valence electrons. The number of aromatic amines is 1. The van der Waals surface area contributed by atoms with Crippen LogP contribution in [-0.4, -0.2) is 33.6 Å². The van der Waals surface area contributed by atoms with E-state index in [4.69, 9.17) is 0 Å². The number of fused-ring (bicyclic) bond motifs is 1. The van der Waals surface area contributed by atoms with Crippen LogP contribution in [0, 0.1) is 0 Å². The fourth-order valence-electron chi connectivity index (χ4n) is 3.83. The Bertz CT molecular complexity index is 883. The lowest BCUT2D eigenvalue weighted by atomic mass is 9.92. The molecule has 0 saturated carbocycles. The van der Waals surface area contributed by atoms with Gasteiger partial charge in [-0.05, 0) is 55.0 Å². The molecule has 4 nitrogen and oxygen atoms in total. The van der Waals surface area contributed by atoms with Crippen molar-refractivity contribution in [2.75, 3.05) is 6.54 Å². The van der Waals surface area contributed by atoms with Gasteiger partial charge in [-0.2, -0.15) is 5.10 Å². The Morgan fingerprint density at radius 3 is 2.58 bits per heavy atom. The summed E-state index contributed by atoms with van der Waals surface area (Å²) in [7, 11) is 0. The molecule has 1 amide bonds. The molecule has 4 rings (SSSR count). The first kappa shape index (κ1) is 16.6. The highest BCUT2D eigenvalue weighted by Crippen LogP contribution is 2.25. The van der Waals surface area contributed by atoms with E-state index in [-0.39, 0.29) is 11.9 Å². The van der Waals surface area contributed by atoms with Crippen molar-refractivity contribution in [3.63, 3.8) is 0 Å². The smallest absolute Gasteiger partial charge is 0.254 e. The predicted octanol–water partition coefficient (Wildman–Crippen LogP) is 4.10. The van der Waals surface area contributed by atoms with E-state index in [0.717, 1.165) is 36.9 Å². The number of aromatic nitrogens is 2. The maximum Gasteiger partial charge on any atom is 0.254 e. The minimum atomic E-state index is 0.115. The van der Waals surface area contributed by atoms with Gasteiger partial charge in [-0.25, -0.2) is 0 Å². The molecule has 0 spiro atoms. The number of nitrogens with zero attached hydrogens (tertiary/aromatic N) is 2. The number of carbonyl (C=O) groups is 1. The van der Waals surface area contributed by atoms with Crippen LogP contribution < -0.4 is 0 Å². The van der Waals surface area contributed by atoms with Crippen molar-refractivity contribution in [3.05, 3.63) is 77.6 Å². The van der Waals surface area contributed by atoms with Crippen LogP contribution >= 0.6 is 0 Å². The van der Waals surface area contributed by atoms with Gasteiger partial charge in [0, 0.05) is 23.8 Å². The molecule has 0 saturated heterocycles. The van der Waals surface area contributed by atoms with Gasteiger partial charge in [0.05, 0.1) is 6.20 Å². The second kappa shape index (κ2) is 7.16. The van der Waals surface area contributed by atoms with Crippen LogP contribution in [0.1, 0.15) is 35.0 Å². The number of H-pyrrole nitrogens is 1. The molecule has 1 aliphatic rings. The Morgan fingerprint density at radius 2 is 1.85 bits per heavy atom. The van der Waals surface area contributed by atoms with Gasteiger partial charge >= 0.3 is 0 Å². The van der Waals surface area contributed by atoms with Gasteiger partial charge in [-0.15, -0.1) is 0 Å². The van der Waals surface area contributed by atoms with E-state index in [1.54, 1.807) is 0 Å². The molecule has 0 fully saturated rings. The van der Waals surface area contributed by atoms with Crippen molar-refractivity contribution >= 4 is 5.91 Å². The fraction of sp³-hybridized carbons (Fsp3) is 0.273. The molecular weight excluding hydrogens is 322 g/mol. The molecule has 3 aromatic rings. The topological polar surface area (TPSA) is 49.0 Å². The monoisotopic (exact) mass is 345 g/mol. The summed E-state index contributed by atoms with van der Waals surface area (Å²) in [5.41, 5.74) is 5.51. The number of amides is 1. The Labute approximate surface area is 153 Å². The zero-order valence-electron chi connectivity index (χ0n) is 15.0. The molecule has 26 heavy (non-hydrogen) atoms. The summed E-state index contributed by atoms with van der Waals surface area (Å²) in [6.07, 6.45) is 4.72. The molecule has 0 radical (unpaired) electrons. The second-order valence-electron chi connectivity index (χ2n) is 6.80. The molecule has 2 aromatic carbocycles. The first-order chi connectivity index (χ1) is 12.8. The lowest BCUT2D eigenvalue weighted by Gasteiger charge is -2.33. The summed E-state index contributed by atoms with van der Waals surface area (Å²) < 4.78 is 0. The van der Waals surface area contributed by atoms with Gasteiger partial charge in [0.1, 0.15) is 0 Å². The third-order valence-corrected chi connectivity index (χ3v) is 5.27. The third kappa shape index (κ3) is 3.15. The summed E-state index contributed by atoms with van der Waals surface area (Å²) >= 11 is 0. The zero-order valence-corrected chi connectivity index (χ0v) is 15.0. The highest BCUT2D eigenvalue weighted by Gasteiger charge is 2.28. The van der Waals surface area contributed by atoms with E-state index >= 15 is 0 Å². The van der Waals surface area contributed by atoms with Crippen LogP contribution in [0.5, 0.6) is 0 Å². The van der Waals surface area contributed by atoms with Crippen LogP contribution in [0.25, 0.3) is 11.1 Å². The van der Waals surface area contributed by atoms with Gasteiger partial charge in [-0.3, -0.25) is 9.89 Å². The second-order valence-corrected chi connectivity index (χ2v) is 6.80. The van der Waals surface area contributed by atoms with Crippen molar-refractivity contribution in [1.82, 2.24) is 15.1 Å². The molecule has 1 aromatic heterocycles. The molecule has 0 aliphatic heterocycles. The van der Waals surface area contributed by atoms with Gasteiger partial charge in [-0.1, -0.05) is 42.5 Å². The third-order valence-electron chi connectivity index (χ3n) is 5.27. The number of benzene rings is 2.